The SMILES string of the molecule is COc1nc(OCc2cccc(-c3cccc(COc4nc(OC)c(CN[C@@H]5CCCC[C@@H]5O)cc4Cl)c3C)c2C)c(Cl)cc1CN[C@@H]1CCCC[C@@H]1O. The van der Waals surface area contributed by atoms with E-state index in [1.807, 2.05) is 36.4 Å². The van der Waals surface area contributed by atoms with Crippen LogP contribution in [0.2, 0.25) is 10.0 Å². The minimum Gasteiger partial charge on any atom is -0.481 e. The van der Waals surface area contributed by atoms with E-state index in [2.05, 4.69) is 46.6 Å². The average molecular weight is 780 g/mol. The molecule has 2 saturated carbocycles. The topological polar surface area (TPSA) is 127 Å². The molecular formula is C42H52Cl2N4O6. The molecule has 12 heteroatoms. The van der Waals surface area contributed by atoms with Crippen LogP contribution in [0.1, 0.15) is 84.7 Å². The summed E-state index contributed by atoms with van der Waals surface area (Å²) in [5, 5.41) is 28.4. The summed E-state index contributed by atoms with van der Waals surface area (Å²) in [6, 6.07) is 16.1. The summed E-state index contributed by atoms with van der Waals surface area (Å²) in [5.41, 5.74) is 7.93. The fraction of sp³-hybridized carbons (Fsp3) is 0.476. The molecule has 2 fully saturated rings. The molecule has 10 nitrogen and oxygen atoms in total. The monoisotopic (exact) mass is 778 g/mol. The summed E-state index contributed by atoms with van der Waals surface area (Å²) >= 11 is 13.3. The first kappa shape index (κ1) is 40.0. The van der Waals surface area contributed by atoms with Crippen LogP contribution < -0.4 is 29.6 Å². The number of aliphatic hydroxyl groups excluding tert-OH is 2. The van der Waals surface area contributed by atoms with Crippen molar-refractivity contribution < 1.29 is 29.2 Å². The summed E-state index contributed by atoms with van der Waals surface area (Å²) in [7, 11) is 3.16. The normalized spacial score (nSPS) is 20.1. The first-order valence-electron chi connectivity index (χ1n) is 18.9. The Morgan fingerprint density at radius 2 is 1.02 bits per heavy atom. The highest BCUT2D eigenvalue weighted by Gasteiger charge is 2.25. The number of halogens is 2. The Morgan fingerprint density at radius 3 is 1.41 bits per heavy atom. The molecule has 2 aromatic carbocycles. The molecule has 0 amide bonds. The van der Waals surface area contributed by atoms with Gasteiger partial charge >= 0.3 is 0 Å². The molecule has 6 rings (SSSR count). The van der Waals surface area contributed by atoms with Crippen LogP contribution in [0.25, 0.3) is 11.1 Å². The van der Waals surface area contributed by atoms with Crippen molar-refractivity contribution in [1.29, 1.82) is 0 Å². The zero-order valence-electron chi connectivity index (χ0n) is 31.6. The molecule has 4 atom stereocenters. The zero-order chi connectivity index (χ0) is 38.2. The second-order valence-electron chi connectivity index (χ2n) is 14.3. The second kappa shape index (κ2) is 18.8. The third-order valence-corrected chi connectivity index (χ3v) is 11.4. The van der Waals surface area contributed by atoms with Crippen LogP contribution in [-0.4, -0.2) is 58.7 Å². The highest BCUT2D eigenvalue weighted by atomic mass is 35.5. The first-order chi connectivity index (χ1) is 26.2. The molecule has 0 unspecified atom stereocenters. The van der Waals surface area contributed by atoms with Gasteiger partial charge in [-0.15, -0.1) is 0 Å². The number of benzene rings is 2. The maximum absolute atomic E-state index is 10.4. The van der Waals surface area contributed by atoms with Gasteiger partial charge in [0.2, 0.25) is 23.5 Å². The predicted molar refractivity (Wildman–Crippen MR) is 212 cm³/mol. The van der Waals surface area contributed by atoms with Gasteiger partial charge in [0.1, 0.15) is 23.3 Å². The maximum Gasteiger partial charge on any atom is 0.236 e. The van der Waals surface area contributed by atoms with Gasteiger partial charge < -0.3 is 39.8 Å². The van der Waals surface area contributed by atoms with E-state index in [1.165, 1.54) is 0 Å². The molecule has 0 spiro atoms. The Labute approximate surface area is 328 Å². The highest BCUT2D eigenvalue weighted by Crippen LogP contribution is 2.35. The Kier molecular flexibility index (Phi) is 13.9. The lowest BCUT2D eigenvalue weighted by Crippen LogP contribution is -2.41. The summed E-state index contributed by atoms with van der Waals surface area (Å²) in [4.78, 5) is 9.19. The molecule has 4 N–H and O–H groups in total. The number of hydrogen-bond acceptors (Lipinski definition) is 10. The van der Waals surface area contributed by atoms with Crippen LogP contribution in [0.3, 0.4) is 0 Å². The number of aliphatic hydroxyl groups is 2. The smallest absolute Gasteiger partial charge is 0.236 e. The van der Waals surface area contributed by atoms with Crippen LogP contribution in [-0.2, 0) is 26.3 Å². The Bertz CT molecular complexity index is 1760. The van der Waals surface area contributed by atoms with Crippen LogP contribution in [0.5, 0.6) is 23.5 Å². The van der Waals surface area contributed by atoms with E-state index in [0.717, 1.165) is 95.9 Å². The number of pyridine rings is 2. The van der Waals surface area contributed by atoms with Gasteiger partial charge in [-0.3, -0.25) is 0 Å². The van der Waals surface area contributed by atoms with Crippen molar-refractivity contribution in [3.05, 3.63) is 92.0 Å². The van der Waals surface area contributed by atoms with E-state index in [0.29, 0.717) is 46.7 Å². The van der Waals surface area contributed by atoms with Gasteiger partial charge in [-0.2, -0.15) is 9.97 Å². The van der Waals surface area contributed by atoms with Gasteiger partial charge in [-0.25, -0.2) is 0 Å². The van der Waals surface area contributed by atoms with Crippen LogP contribution in [0.15, 0.2) is 48.5 Å². The number of methoxy groups -OCH3 is 2. The molecule has 2 aliphatic rings. The molecule has 54 heavy (non-hydrogen) atoms. The lowest BCUT2D eigenvalue weighted by molar-refractivity contribution is 0.0899. The molecule has 2 heterocycles. The van der Waals surface area contributed by atoms with E-state index >= 15 is 0 Å². The van der Waals surface area contributed by atoms with E-state index < -0.39 is 0 Å². The summed E-state index contributed by atoms with van der Waals surface area (Å²) in [6.07, 6.45) is 7.10. The molecule has 0 saturated heterocycles. The highest BCUT2D eigenvalue weighted by molar-refractivity contribution is 6.32. The maximum atomic E-state index is 10.4. The van der Waals surface area contributed by atoms with Crippen molar-refractivity contribution in [3.63, 3.8) is 0 Å². The van der Waals surface area contributed by atoms with Crippen LogP contribution in [0, 0.1) is 13.8 Å². The number of hydrogen-bond donors (Lipinski definition) is 4. The molecular weight excluding hydrogens is 727 g/mol. The molecule has 0 radical (unpaired) electrons. The van der Waals surface area contributed by atoms with Crippen molar-refractivity contribution in [3.8, 4) is 34.6 Å². The van der Waals surface area contributed by atoms with Gasteiger partial charge in [0.05, 0.1) is 26.4 Å². The van der Waals surface area contributed by atoms with Gasteiger partial charge in [-0.1, -0.05) is 85.3 Å². The van der Waals surface area contributed by atoms with Crippen molar-refractivity contribution in [2.24, 2.45) is 0 Å². The van der Waals surface area contributed by atoms with E-state index in [1.54, 1.807) is 14.2 Å². The Hall–Kier alpha value is -3.64. The Balaban J connectivity index is 1.12. The number of nitrogens with one attached hydrogen (secondary N) is 2. The quantitative estimate of drug-likeness (QED) is 0.0943. The van der Waals surface area contributed by atoms with E-state index in [-0.39, 0.29) is 37.5 Å². The minimum absolute atomic E-state index is 0.0401. The second-order valence-corrected chi connectivity index (χ2v) is 15.1. The minimum atomic E-state index is -0.352. The van der Waals surface area contributed by atoms with Crippen molar-refractivity contribution in [1.82, 2.24) is 20.6 Å². The van der Waals surface area contributed by atoms with Crippen LogP contribution in [0.4, 0.5) is 0 Å². The summed E-state index contributed by atoms with van der Waals surface area (Å²) in [6.45, 7) is 5.67. The molecule has 2 aromatic heterocycles. The number of nitrogens with zero attached hydrogens (tertiary/aromatic N) is 2. The van der Waals surface area contributed by atoms with Crippen molar-refractivity contribution in [2.75, 3.05) is 14.2 Å². The van der Waals surface area contributed by atoms with Gasteiger partial charge in [0.25, 0.3) is 0 Å². The largest absolute Gasteiger partial charge is 0.481 e. The van der Waals surface area contributed by atoms with Gasteiger partial charge in [0.15, 0.2) is 0 Å². The standard InChI is InChI=1S/C42H52Cl2N4O6/c1-25-27(23-53-41-33(43)19-29(39(47-41)51-3)21-45-35-15-5-7-17-37(35)49)11-9-13-31(25)32-14-10-12-28(26(32)2)24-54-42-34(44)20-30(40(48-42)52-4)22-46-36-16-6-8-18-38(36)50/h9-14,19-20,35-38,45-46,49-50H,5-8,15-18,21-24H2,1-4H3/t35-,36-,37+,38+/m1/s1. The fourth-order valence-corrected chi connectivity index (χ4v) is 7.99. The number of aromatic nitrogens is 2. The fourth-order valence-electron chi connectivity index (χ4n) is 7.53. The lowest BCUT2D eigenvalue weighted by atomic mass is 9.92. The van der Waals surface area contributed by atoms with E-state index in [9.17, 15) is 10.2 Å². The average Bonchev–Trinajstić information content (AvgIpc) is 3.17. The van der Waals surface area contributed by atoms with Crippen LogP contribution >= 0.6 is 23.2 Å². The summed E-state index contributed by atoms with van der Waals surface area (Å²) in [5.74, 6) is 1.47. The third kappa shape index (κ3) is 9.59. The summed E-state index contributed by atoms with van der Waals surface area (Å²) < 4.78 is 23.6. The third-order valence-electron chi connectivity index (χ3n) is 10.8. The predicted octanol–water partition coefficient (Wildman–Crippen LogP) is 8.03. The molecule has 4 aromatic rings. The molecule has 2 aliphatic carbocycles. The van der Waals surface area contributed by atoms with Gasteiger partial charge in [0, 0.05) is 36.3 Å². The molecule has 0 bridgehead atoms. The van der Waals surface area contributed by atoms with Gasteiger partial charge in [-0.05, 0) is 85.0 Å². The molecule has 0 aliphatic heterocycles. The van der Waals surface area contributed by atoms with Crippen molar-refractivity contribution in [2.45, 2.75) is 116 Å². The number of ether oxygens (including phenoxy) is 4. The Morgan fingerprint density at radius 1 is 0.611 bits per heavy atom. The number of rotatable bonds is 15. The van der Waals surface area contributed by atoms with Crippen molar-refractivity contribution >= 4 is 23.2 Å². The molecule has 290 valence electrons. The zero-order valence-corrected chi connectivity index (χ0v) is 33.1. The van der Waals surface area contributed by atoms with E-state index in [4.69, 9.17) is 42.1 Å². The lowest BCUT2D eigenvalue weighted by Gasteiger charge is -2.28. The first-order valence-corrected chi connectivity index (χ1v) is 19.6.